The first-order valence-corrected chi connectivity index (χ1v) is 22.3. The highest BCUT2D eigenvalue weighted by atomic mass is 16.4. The smallest absolute Gasteiger partial charge is 0.303 e. The van der Waals surface area contributed by atoms with E-state index >= 15 is 0 Å². The van der Waals surface area contributed by atoms with E-state index in [4.69, 9.17) is 9.97 Å². The fraction of sp³-hybridized carbons (Fsp3) is 0.109. The van der Waals surface area contributed by atoms with E-state index in [9.17, 15) is 29.1 Å². The lowest BCUT2D eigenvalue weighted by Gasteiger charge is -2.13. The van der Waals surface area contributed by atoms with E-state index < -0.39 is 5.97 Å². The number of aliphatic carboxylic acids is 1. The summed E-state index contributed by atoms with van der Waals surface area (Å²) in [6.07, 6.45) is 7.69. The first-order chi connectivity index (χ1) is 33.4. The van der Waals surface area contributed by atoms with Gasteiger partial charge in [0, 0.05) is 123 Å². The van der Waals surface area contributed by atoms with Gasteiger partial charge in [0.15, 0.2) is 0 Å². The lowest BCUT2D eigenvalue weighted by molar-refractivity contribution is -0.137. The monoisotopic (exact) mass is 914 g/mol. The summed E-state index contributed by atoms with van der Waals surface area (Å²) in [5, 5.41) is 21.3. The Morgan fingerprint density at radius 2 is 0.710 bits per heavy atom. The van der Waals surface area contributed by atoms with Crippen molar-refractivity contribution < 1.29 is 29.1 Å². The van der Waals surface area contributed by atoms with Gasteiger partial charge in [-0.3, -0.25) is 24.0 Å². The average molecular weight is 915 g/mol. The third-order valence-electron chi connectivity index (χ3n) is 11.5. The van der Waals surface area contributed by atoms with Crippen LogP contribution in [0, 0.1) is 0 Å². The van der Waals surface area contributed by atoms with Crippen molar-refractivity contribution >= 4 is 98.7 Å². The summed E-state index contributed by atoms with van der Waals surface area (Å²) in [5.74, 6) is -2.07. The van der Waals surface area contributed by atoms with Gasteiger partial charge in [0.25, 0.3) is 0 Å². The summed E-state index contributed by atoms with van der Waals surface area (Å²) in [6.45, 7) is 4.37. The summed E-state index contributed by atoms with van der Waals surface area (Å²) < 4.78 is 0. The van der Waals surface area contributed by atoms with Crippen molar-refractivity contribution in [1.29, 1.82) is 0 Å². The van der Waals surface area contributed by atoms with E-state index in [1.165, 1.54) is 20.8 Å². The minimum Gasteiger partial charge on any atom is -0.481 e. The lowest BCUT2D eigenvalue weighted by Crippen LogP contribution is -2.12. The number of para-hydroxylation sites is 4. The number of benzene rings is 4. The molecule has 4 aromatic carbocycles. The fourth-order valence-electron chi connectivity index (χ4n) is 8.76. The van der Waals surface area contributed by atoms with Gasteiger partial charge in [-0.15, -0.1) is 0 Å². The molecule has 0 fully saturated rings. The van der Waals surface area contributed by atoms with Gasteiger partial charge in [-0.25, -0.2) is 9.97 Å². The number of anilines is 4. The number of carboxylic acid groups (broad SMARTS) is 1. The fourth-order valence-corrected chi connectivity index (χ4v) is 8.76. The molecular formula is C55H46N8O6. The Kier molecular flexibility index (Phi) is 12.6. The maximum absolute atomic E-state index is 13.4. The quantitative estimate of drug-likeness (QED) is 0.0625. The van der Waals surface area contributed by atoms with Crippen molar-refractivity contribution in [3.63, 3.8) is 0 Å². The van der Waals surface area contributed by atoms with Crippen LogP contribution in [0.3, 0.4) is 0 Å². The Hall–Kier alpha value is -9.17. The van der Waals surface area contributed by atoms with E-state index in [2.05, 4.69) is 31.2 Å². The molecular weight excluding hydrogens is 869 g/mol. The Morgan fingerprint density at radius 1 is 0.420 bits per heavy atom. The van der Waals surface area contributed by atoms with Crippen molar-refractivity contribution in [1.82, 2.24) is 19.9 Å². The number of nitrogens with zero attached hydrogens (tertiary/aromatic N) is 2. The zero-order valence-electron chi connectivity index (χ0n) is 37.9. The van der Waals surface area contributed by atoms with Gasteiger partial charge in [-0.1, -0.05) is 72.8 Å². The molecule has 69 heavy (non-hydrogen) atoms. The summed E-state index contributed by atoms with van der Waals surface area (Å²) in [5.41, 5.74) is 12.5. The van der Waals surface area contributed by atoms with Gasteiger partial charge in [0.1, 0.15) is 0 Å². The number of aromatic amines is 2. The van der Waals surface area contributed by atoms with Crippen molar-refractivity contribution in [2.45, 2.75) is 40.0 Å². The van der Waals surface area contributed by atoms with Crippen LogP contribution in [0.15, 0.2) is 121 Å². The number of H-pyrrole nitrogens is 2. The molecule has 2 aliphatic heterocycles. The maximum atomic E-state index is 13.4. The van der Waals surface area contributed by atoms with Gasteiger partial charge in [0.05, 0.1) is 22.8 Å². The molecule has 14 heteroatoms. The van der Waals surface area contributed by atoms with Gasteiger partial charge in [-0.05, 0) is 79.3 Å². The van der Waals surface area contributed by atoms with Gasteiger partial charge in [0.2, 0.25) is 23.6 Å². The second kappa shape index (κ2) is 19.4. The molecule has 9 rings (SSSR count). The summed E-state index contributed by atoms with van der Waals surface area (Å²) in [6, 6.07) is 37.6. The lowest BCUT2D eigenvalue weighted by atomic mass is 10.0. The number of rotatable bonds is 12. The molecule has 3 aromatic heterocycles. The average Bonchev–Trinajstić information content (AvgIpc) is 4.16. The van der Waals surface area contributed by atoms with E-state index in [0.29, 0.717) is 112 Å². The molecule has 0 spiro atoms. The Morgan fingerprint density at radius 3 is 1.00 bits per heavy atom. The first-order valence-electron chi connectivity index (χ1n) is 22.3. The van der Waals surface area contributed by atoms with Crippen LogP contribution in [0.4, 0.5) is 22.7 Å². The summed E-state index contributed by atoms with van der Waals surface area (Å²) >= 11 is 0. The molecule has 7 N–H and O–H groups in total. The van der Waals surface area contributed by atoms with E-state index in [0.717, 1.165) is 0 Å². The van der Waals surface area contributed by atoms with Gasteiger partial charge >= 0.3 is 5.97 Å². The first kappa shape index (κ1) is 45.0. The highest BCUT2D eigenvalue weighted by Crippen LogP contribution is 2.43. The molecule has 5 heterocycles. The molecule has 0 unspecified atom stereocenters. The van der Waals surface area contributed by atoms with Gasteiger partial charge < -0.3 is 36.3 Å². The molecule has 2 aliphatic rings. The van der Waals surface area contributed by atoms with Crippen molar-refractivity contribution in [3.8, 4) is 44.5 Å². The predicted molar refractivity (Wildman–Crippen MR) is 274 cm³/mol. The molecule has 4 amide bonds. The van der Waals surface area contributed by atoms with Crippen LogP contribution in [0.5, 0.6) is 0 Å². The molecule has 0 saturated heterocycles. The number of carbonyl (C=O) groups excluding carboxylic acids is 4. The molecule has 0 saturated carbocycles. The summed E-state index contributed by atoms with van der Waals surface area (Å²) in [7, 11) is 0. The number of fused-ring (bicyclic) bond motifs is 8. The van der Waals surface area contributed by atoms with Crippen molar-refractivity contribution in [2.75, 3.05) is 21.3 Å². The number of carbonyl (C=O) groups is 5. The molecule has 14 nitrogen and oxygen atoms in total. The highest BCUT2D eigenvalue weighted by Gasteiger charge is 2.23. The number of hydrogen-bond acceptors (Lipinski definition) is 7. The number of carboxylic acids is 1. The Balaban J connectivity index is 1.44. The highest BCUT2D eigenvalue weighted by molar-refractivity contribution is 6.07. The van der Waals surface area contributed by atoms with Crippen LogP contribution >= 0.6 is 0 Å². The van der Waals surface area contributed by atoms with E-state index in [1.807, 2.05) is 140 Å². The molecule has 0 radical (unpaired) electrons. The third kappa shape index (κ3) is 9.58. The largest absolute Gasteiger partial charge is 0.481 e. The second-order valence-electron chi connectivity index (χ2n) is 16.5. The number of nitrogens with one attached hydrogen (secondary N) is 6. The summed E-state index contributed by atoms with van der Waals surface area (Å²) in [4.78, 5) is 80.8. The third-order valence-corrected chi connectivity index (χ3v) is 11.5. The zero-order valence-corrected chi connectivity index (χ0v) is 37.9. The van der Waals surface area contributed by atoms with Crippen LogP contribution in [0.2, 0.25) is 0 Å². The van der Waals surface area contributed by atoms with Crippen LogP contribution < -0.4 is 21.3 Å². The van der Waals surface area contributed by atoms with E-state index in [-0.39, 0.29) is 42.9 Å². The van der Waals surface area contributed by atoms with Crippen LogP contribution in [0.25, 0.3) is 90.9 Å². The maximum Gasteiger partial charge on any atom is 0.303 e. The van der Waals surface area contributed by atoms with Crippen LogP contribution in [0.1, 0.15) is 62.8 Å². The standard InChI is InChI=1S/C55H46N8O6/c1-31(64)56-38-17-8-4-13-34(38)52-42-23-25-44(59-42)53(35-14-5-9-18-39(35)57-32(2)65)46-27-29-48(61-46)55(37-16-7-11-20-41(37)63-50(67)21-12-22-51(68)69)49-30-28-47(62-49)54(45-26-24-43(52)60-45)36-15-6-10-19-40(36)58-33(3)66/h4-11,13-20,23-30,59,62H,12,21-22H2,1-3H3,(H,56,64)(H,57,65)(H,58,66)(H,63,67)(H,68,69). The predicted octanol–water partition coefficient (Wildman–Crippen LogP) is 11.4. The molecule has 0 atom stereocenters. The molecule has 8 bridgehead atoms. The minimum absolute atomic E-state index is 0.00415. The van der Waals surface area contributed by atoms with Crippen LogP contribution in [-0.2, 0) is 24.0 Å². The normalized spacial score (nSPS) is 11.5. The van der Waals surface area contributed by atoms with E-state index in [1.54, 1.807) is 6.07 Å². The Bertz CT molecular complexity index is 3430. The van der Waals surface area contributed by atoms with Crippen molar-refractivity contribution in [2.24, 2.45) is 0 Å². The number of aromatic nitrogens is 4. The zero-order chi connectivity index (χ0) is 48.2. The van der Waals surface area contributed by atoms with Crippen molar-refractivity contribution in [3.05, 3.63) is 144 Å². The number of amides is 4. The molecule has 342 valence electrons. The SMILES string of the molecule is CC(=O)Nc1ccccc1-c1c2nc(c(-c3ccccc3NC(C)=O)c3ccc([nH]3)c(-c3ccccc3NC(=O)CCCC(=O)O)c3nc(c(-c4ccccc4NC(C)=O)c4ccc1[nH]4)C=C3)C=C2. The van der Waals surface area contributed by atoms with Crippen LogP contribution in [-0.4, -0.2) is 54.6 Å². The van der Waals surface area contributed by atoms with Gasteiger partial charge in [-0.2, -0.15) is 0 Å². The number of hydrogen-bond donors (Lipinski definition) is 7. The Labute approximate surface area is 396 Å². The molecule has 7 aromatic rings. The topological polar surface area (TPSA) is 211 Å². The molecule has 0 aliphatic carbocycles. The minimum atomic E-state index is -0.980. The second-order valence-corrected chi connectivity index (χ2v) is 16.5.